The normalized spacial score (nSPS) is 17.1. The maximum atomic E-state index is 10.5. The summed E-state index contributed by atoms with van der Waals surface area (Å²) in [6.45, 7) is 3.00. The van der Waals surface area contributed by atoms with Crippen LogP contribution in [0.4, 0.5) is 0 Å². The van der Waals surface area contributed by atoms with Gasteiger partial charge in [0.25, 0.3) is 0 Å². The van der Waals surface area contributed by atoms with Gasteiger partial charge in [-0.05, 0) is 68.0 Å². The van der Waals surface area contributed by atoms with Crippen LogP contribution in [0.25, 0.3) is 0 Å². The second-order valence-electron chi connectivity index (χ2n) is 7.01. The van der Waals surface area contributed by atoms with E-state index in [0.717, 1.165) is 45.3 Å². The molecule has 1 fully saturated rings. The van der Waals surface area contributed by atoms with Gasteiger partial charge in [-0.15, -0.1) is 0 Å². The molecule has 3 nitrogen and oxygen atoms in total. The number of rotatable bonds is 6. The summed E-state index contributed by atoms with van der Waals surface area (Å²) in [4.78, 5) is 2.45. The van der Waals surface area contributed by atoms with Crippen LogP contribution in [0.1, 0.15) is 36.0 Å². The van der Waals surface area contributed by atoms with Crippen LogP contribution in [0, 0.1) is 17.2 Å². The van der Waals surface area contributed by atoms with Crippen LogP contribution in [-0.4, -0.2) is 29.2 Å². The highest BCUT2D eigenvalue weighted by molar-refractivity contribution is 5.31. The SMILES string of the molecule is N#Cc1ccc(CN2CCC([C@@H](O)CCc3ccccc3)CC2)cc1. The maximum absolute atomic E-state index is 10.5. The Hall–Kier alpha value is -2.15. The third kappa shape index (κ3) is 5.16. The lowest BCUT2D eigenvalue weighted by Gasteiger charge is -2.34. The van der Waals surface area contributed by atoms with E-state index in [0.29, 0.717) is 11.5 Å². The fraction of sp³-hybridized carbons (Fsp3) is 0.409. The molecule has 1 saturated heterocycles. The molecule has 1 heterocycles. The second kappa shape index (κ2) is 8.80. The van der Waals surface area contributed by atoms with Crippen LogP contribution < -0.4 is 0 Å². The first-order valence-corrected chi connectivity index (χ1v) is 9.18. The van der Waals surface area contributed by atoms with Crippen LogP contribution >= 0.6 is 0 Å². The van der Waals surface area contributed by atoms with Gasteiger partial charge >= 0.3 is 0 Å². The van der Waals surface area contributed by atoms with E-state index in [1.807, 2.05) is 30.3 Å². The van der Waals surface area contributed by atoms with Crippen molar-refractivity contribution in [1.29, 1.82) is 5.26 Å². The second-order valence-corrected chi connectivity index (χ2v) is 7.01. The van der Waals surface area contributed by atoms with Crippen molar-refractivity contribution < 1.29 is 5.11 Å². The molecule has 0 unspecified atom stereocenters. The van der Waals surface area contributed by atoms with Gasteiger partial charge in [0, 0.05) is 6.54 Å². The number of nitrogens with zero attached hydrogens (tertiary/aromatic N) is 2. The lowest BCUT2D eigenvalue weighted by molar-refractivity contribution is 0.0519. The fourth-order valence-electron chi connectivity index (χ4n) is 3.63. The zero-order valence-electron chi connectivity index (χ0n) is 14.6. The summed E-state index contributed by atoms with van der Waals surface area (Å²) in [7, 11) is 0. The number of hydrogen-bond donors (Lipinski definition) is 1. The molecule has 0 spiro atoms. The quantitative estimate of drug-likeness (QED) is 0.875. The topological polar surface area (TPSA) is 47.3 Å². The number of hydrogen-bond acceptors (Lipinski definition) is 3. The average Bonchev–Trinajstić information content (AvgIpc) is 2.68. The Morgan fingerprint density at radius 2 is 1.68 bits per heavy atom. The minimum Gasteiger partial charge on any atom is -0.393 e. The molecule has 1 aliphatic rings. The Kier molecular flexibility index (Phi) is 6.22. The van der Waals surface area contributed by atoms with Gasteiger partial charge in [-0.3, -0.25) is 4.90 Å². The number of aliphatic hydroxyl groups is 1. The van der Waals surface area contributed by atoms with E-state index in [4.69, 9.17) is 5.26 Å². The lowest BCUT2D eigenvalue weighted by atomic mass is 9.88. The van der Waals surface area contributed by atoms with Gasteiger partial charge < -0.3 is 5.11 Å². The summed E-state index contributed by atoms with van der Waals surface area (Å²) < 4.78 is 0. The molecule has 0 radical (unpaired) electrons. The molecule has 0 aliphatic carbocycles. The molecule has 1 atom stereocenters. The van der Waals surface area contributed by atoms with Crippen molar-refractivity contribution in [2.75, 3.05) is 13.1 Å². The highest BCUT2D eigenvalue weighted by Gasteiger charge is 2.25. The highest BCUT2D eigenvalue weighted by Crippen LogP contribution is 2.24. The molecule has 3 rings (SSSR count). The summed E-state index contributed by atoms with van der Waals surface area (Å²) in [6.07, 6.45) is 3.73. The number of aryl methyl sites for hydroxylation is 1. The Morgan fingerprint density at radius 3 is 2.32 bits per heavy atom. The van der Waals surface area contributed by atoms with Crippen LogP contribution in [0.5, 0.6) is 0 Å². The van der Waals surface area contributed by atoms with Gasteiger partial charge in [-0.2, -0.15) is 5.26 Å². The predicted octanol–water partition coefficient (Wildman–Crippen LogP) is 3.76. The van der Waals surface area contributed by atoms with E-state index in [-0.39, 0.29) is 6.10 Å². The lowest BCUT2D eigenvalue weighted by Crippen LogP contribution is -2.37. The third-order valence-corrected chi connectivity index (χ3v) is 5.24. The smallest absolute Gasteiger partial charge is 0.0991 e. The van der Waals surface area contributed by atoms with Crippen molar-refractivity contribution in [3.05, 3.63) is 71.3 Å². The Labute approximate surface area is 150 Å². The van der Waals surface area contributed by atoms with Gasteiger partial charge in [-0.25, -0.2) is 0 Å². The summed E-state index contributed by atoms with van der Waals surface area (Å²) in [5.74, 6) is 0.418. The first-order valence-electron chi connectivity index (χ1n) is 9.18. The molecule has 2 aromatic carbocycles. The van der Waals surface area contributed by atoms with Gasteiger partial charge in [0.2, 0.25) is 0 Å². The highest BCUT2D eigenvalue weighted by atomic mass is 16.3. The van der Waals surface area contributed by atoms with Crippen molar-refractivity contribution >= 4 is 0 Å². The molecule has 1 N–H and O–H groups in total. The van der Waals surface area contributed by atoms with Gasteiger partial charge in [0.15, 0.2) is 0 Å². The molecular weight excluding hydrogens is 308 g/mol. The van der Waals surface area contributed by atoms with E-state index in [1.165, 1.54) is 11.1 Å². The van der Waals surface area contributed by atoms with Gasteiger partial charge in [0.05, 0.1) is 17.7 Å². The monoisotopic (exact) mass is 334 g/mol. The first-order chi connectivity index (χ1) is 12.2. The molecule has 2 aromatic rings. The summed E-state index contributed by atoms with van der Waals surface area (Å²) in [6, 6.07) is 20.4. The summed E-state index contributed by atoms with van der Waals surface area (Å²) >= 11 is 0. The molecule has 0 saturated carbocycles. The van der Waals surface area contributed by atoms with Gasteiger partial charge in [0.1, 0.15) is 0 Å². The van der Waals surface area contributed by atoms with Crippen molar-refractivity contribution in [2.24, 2.45) is 5.92 Å². The number of piperidine rings is 1. The molecule has 0 bridgehead atoms. The van der Waals surface area contributed by atoms with Crippen molar-refractivity contribution in [2.45, 2.75) is 38.3 Å². The number of aliphatic hydroxyl groups excluding tert-OH is 1. The first kappa shape index (κ1) is 17.7. The molecule has 3 heteroatoms. The summed E-state index contributed by atoms with van der Waals surface area (Å²) in [5, 5.41) is 19.4. The zero-order valence-corrected chi connectivity index (χ0v) is 14.6. The van der Waals surface area contributed by atoms with Crippen LogP contribution in [0.2, 0.25) is 0 Å². The van der Waals surface area contributed by atoms with E-state index in [2.05, 4.69) is 35.2 Å². The minimum atomic E-state index is -0.197. The number of nitriles is 1. The van der Waals surface area contributed by atoms with Crippen LogP contribution in [-0.2, 0) is 13.0 Å². The van der Waals surface area contributed by atoms with Crippen LogP contribution in [0.15, 0.2) is 54.6 Å². The molecular formula is C22H26N2O. The Balaban J connectivity index is 1.42. The molecule has 0 amide bonds. The number of benzene rings is 2. The third-order valence-electron chi connectivity index (χ3n) is 5.24. The van der Waals surface area contributed by atoms with Gasteiger partial charge in [-0.1, -0.05) is 42.5 Å². The predicted molar refractivity (Wildman–Crippen MR) is 99.9 cm³/mol. The van der Waals surface area contributed by atoms with Crippen molar-refractivity contribution in [3.8, 4) is 6.07 Å². The van der Waals surface area contributed by atoms with Crippen molar-refractivity contribution in [1.82, 2.24) is 4.90 Å². The van der Waals surface area contributed by atoms with E-state index >= 15 is 0 Å². The average molecular weight is 334 g/mol. The Morgan fingerprint density at radius 1 is 1.00 bits per heavy atom. The molecule has 25 heavy (non-hydrogen) atoms. The molecule has 1 aliphatic heterocycles. The summed E-state index contributed by atoms with van der Waals surface area (Å²) in [5.41, 5.74) is 3.27. The van der Waals surface area contributed by atoms with E-state index < -0.39 is 0 Å². The maximum Gasteiger partial charge on any atom is 0.0991 e. The standard InChI is InChI=1S/C22H26N2O/c23-16-19-6-8-20(9-7-19)17-24-14-12-21(13-15-24)22(25)11-10-18-4-2-1-3-5-18/h1-9,21-22,25H,10-15,17H2/t22-/m0/s1. The molecule has 130 valence electrons. The zero-order chi connectivity index (χ0) is 17.5. The number of likely N-dealkylation sites (tertiary alicyclic amines) is 1. The van der Waals surface area contributed by atoms with E-state index in [9.17, 15) is 5.11 Å². The van der Waals surface area contributed by atoms with Crippen LogP contribution in [0.3, 0.4) is 0 Å². The largest absolute Gasteiger partial charge is 0.393 e. The fourth-order valence-corrected chi connectivity index (χ4v) is 3.63. The van der Waals surface area contributed by atoms with Crippen molar-refractivity contribution in [3.63, 3.8) is 0 Å². The minimum absolute atomic E-state index is 0.197. The van der Waals surface area contributed by atoms with E-state index in [1.54, 1.807) is 0 Å². The Bertz CT molecular complexity index is 682. The molecule has 0 aromatic heterocycles.